The van der Waals surface area contributed by atoms with Gasteiger partial charge in [0.15, 0.2) is 0 Å². The standard InChI is InChI=1S/C26H30N4OS/c1-2-3-13-23-27-24-21-11-7-8-12-22(21)25(31)30(26(24)32-23)19-16-28-14-17-29(18-15-28)20-9-5-4-6-10-20/h4-12H,2-3,13-19H2,1H3. The third-order valence-electron chi connectivity index (χ3n) is 6.43. The van der Waals surface area contributed by atoms with Crippen LogP contribution in [0.1, 0.15) is 24.8 Å². The van der Waals surface area contributed by atoms with E-state index in [0.29, 0.717) is 6.54 Å². The van der Waals surface area contributed by atoms with Crippen LogP contribution < -0.4 is 10.5 Å². The lowest BCUT2D eigenvalue weighted by Crippen LogP contribution is -2.47. The van der Waals surface area contributed by atoms with Crippen LogP contribution in [0.2, 0.25) is 0 Å². The maximum absolute atomic E-state index is 13.4. The van der Waals surface area contributed by atoms with Crippen molar-refractivity contribution in [2.24, 2.45) is 0 Å². The number of rotatable bonds is 7. The van der Waals surface area contributed by atoms with E-state index in [1.54, 1.807) is 11.3 Å². The van der Waals surface area contributed by atoms with Gasteiger partial charge in [-0.2, -0.15) is 0 Å². The number of hydrogen-bond acceptors (Lipinski definition) is 5. The second-order valence-corrected chi connectivity index (χ2v) is 9.59. The highest BCUT2D eigenvalue weighted by atomic mass is 32.1. The van der Waals surface area contributed by atoms with Gasteiger partial charge in [-0.05, 0) is 31.0 Å². The van der Waals surface area contributed by atoms with Gasteiger partial charge in [0.1, 0.15) is 10.3 Å². The summed E-state index contributed by atoms with van der Waals surface area (Å²) >= 11 is 1.70. The molecule has 0 unspecified atom stereocenters. The molecule has 0 N–H and O–H groups in total. The smallest absolute Gasteiger partial charge is 0.259 e. The molecule has 0 radical (unpaired) electrons. The first-order valence-corrected chi connectivity index (χ1v) is 12.5. The Morgan fingerprint density at radius 3 is 2.38 bits per heavy atom. The highest BCUT2D eigenvalue weighted by molar-refractivity contribution is 7.18. The first-order chi connectivity index (χ1) is 15.7. The van der Waals surface area contributed by atoms with Crippen LogP contribution >= 0.6 is 11.3 Å². The highest BCUT2D eigenvalue weighted by Gasteiger charge is 2.19. The minimum Gasteiger partial charge on any atom is -0.369 e. The van der Waals surface area contributed by atoms with Crippen LogP contribution in [-0.4, -0.2) is 47.2 Å². The van der Waals surface area contributed by atoms with Gasteiger partial charge in [-0.3, -0.25) is 14.3 Å². The quantitative estimate of drug-likeness (QED) is 0.410. The summed E-state index contributed by atoms with van der Waals surface area (Å²) in [6, 6.07) is 18.6. The van der Waals surface area contributed by atoms with Crippen molar-refractivity contribution in [2.75, 3.05) is 37.6 Å². The molecule has 0 amide bonds. The molecule has 1 aliphatic heterocycles. The van der Waals surface area contributed by atoms with E-state index in [4.69, 9.17) is 4.98 Å². The van der Waals surface area contributed by atoms with Crippen molar-refractivity contribution in [1.82, 2.24) is 14.5 Å². The van der Waals surface area contributed by atoms with E-state index < -0.39 is 0 Å². The van der Waals surface area contributed by atoms with Crippen molar-refractivity contribution in [2.45, 2.75) is 32.7 Å². The van der Waals surface area contributed by atoms with Gasteiger partial charge in [-0.1, -0.05) is 49.7 Å². The summed E-state index contributed by atoms with van der Waals surface area (Å²) in [6.45, 7) is 7.88. The van der Waals surface area contributed by atoms with Crippen LogP contribution in [0.15, 0.2) is 59.4 Å². The maximum atomic E-state index is 13.4. The molecule has 1 aliphatic rings. The van der Waals surface area contributed by atoms with E-state index in [1.807, 2.05) is 28.8 Å². The maximum Gasteiger partial charge on any atom is 0.259 e. The fourth-order valence-electron chi connectivity index (χ4n) is 4.58. The summed E-state index contributed by atoms with van der Waals surface area (Å²) in [7, 11) is 0. The van der Waals surface area contributed by atoms with Crippen LogP contribution in [0, 0.1) is 0 Å². The summed E-state index contributed by atoms with van der Waals surface area (Å²) in [6.07, 6.45) is 3.27. The lowest BCUT2D eigenvalue weighted by molar-refractivity contribution is 0.248. The Bertz CT molecular complexity index is 1260. The first-order valence-electron chi connectivity index (χ1n) is 11.7. The molecular formula is C26H30N4OS. The Kier molecular flexibility index (Phi) is 6.23. The van der Waals surface area contributed by atoms with Gasteiger partial charge < -0.3 is 4.90 Å². The molecule has 5 rings (SSSR count). The van der Waals surface area contributed by atoms with E-state index in [9.17, 15) is 4.79 Å². The lowest BCUT2D eigenvalue weighted by Gasteiger charge is -2.36. The molecule has 0 aliphatic carbocycles. The van der Waals surface area contributed by atoms with Gasteiger partial charge in [0.05, 0.1) is 5.01 Å². The van der Waals surface area contributed by atoms with Crippen LogP contribution in [-0.2, 0) is 13.0 Å². The van der Waals surface area contributed by atoms with Gasteiger partial charge in [0, 0.05) is 55.7 Å². The predicted octanol–water partition coefficient (Wildman–Crippen LogP) is 4.78. The largest absolute Gasteiger partial charge is 0.369 e. The van der Waals surface area contributed by atoms with Crippen LogP contribution in [0.3, 0.4) is 0 Å². The summed E-state index contributed by atoms with van der Waals surface area (Å²) < 4.78 is 1.98. The van der Waals surface area contributed by atoms with Crippen LogP contribution in [0.4, 0.5) is 5.69 Å². The number of hydrogen-bond donors (Lipinski definition) is 0. The first kappa shape index (κ1) is 21.2. The number of thiazole rings is 1. The van der Waals surface area contributed by atoms with Gasteiger partial charge in [0.2, 0.25) is 0 Å². The number of pyridine rings is 1. The number of piperazine rings is 1. The van der Waals surface area contributed by atoms with E-state index >= 15 is 0 Å². The topological polar surface area (TPSA) is 41.4 Å². The fourth-order valence-corrected chi connectivity index (χ4v) is 5.72. The number of para-hydroxylation sites is 1. The molecule has 1 fully saturated rings. The van der Waals surface area contributed by atoms with E-state index in [2.05, 4.69) is 47.1 Å². The second kappa shape index (κ2) is 9.43. The van der Waals surface area contributed by atoms with Gasteiger partial charge in [0.25, 0.3) is 5.56 Å². The molecule has 0 spiro atoms. The molecule has 3 heterocycles. The Balaban J connectivity index is 1.37. The van der Waals surface area contributed by atoms with Gasteiger partial charge in [-0.15, -0.1) is 11.3 Å². The summed E-state index contributed by atoms with van der Waals surface area (Å²) in [5.41, 5.74) is 2.40. The number of nitrogens with zero attached hydrogens (tertiary/aromatic N) is 4. The van der Waals surface area contributed by atoms with Crippen molar-refractivity contribution >= 4 is 38.1 Å². The Hall–Kier alpha value is -2.70. The minimum absolute atomic E-state index is 0.113. The number of anilines is 1. The third kappa shape index (κ3) is 4.17. The van der Waals surface area contributed by atoms with Crippen molar-refractivity contribution < 1.29 is 0 Å². The molecule has 0 atom stereocenters. The second-order valence-electron chi connectivity index (χ2n) is 8.53. The third-order valence-corrected chi connectivity index (χ3v) is 7.57. The zero-order chi connectivity index (χ0) is 21.9. The number of aromatic nitrogens is 2. The van der Waals surface area contributed by atoms with Crippen LogP contribution in [0.25, 0.3) is 21.1 Å². The molecule has 0 bridgehead atoms. The number of unbranched alkanes of at least 4 members (excludes halogenated alkanes) is 1. The van der Waals surface area contributed by atoms with Crippen LogP contribution in [0.5, 0.6) is 0 Å². The van der Waals surface area contributed by atoms with E-state index in [0.717, 1.165) is 78.1 Å². The SMILES string of the molecule is CCCCc1nc2c3ccccc3c(=O)n(CCN3CCN(c4ccccc4)CC3)c2s1. The molecular weight excluding hydrogens is 416 g/mol. The normalized spacial score (nSPS) is 15.1. The molecule has 166 valence electrons. The van der Waals surface area contributed by atoms with Crippen molar-refractivity contribution in [3.05, 3.63) is 70.0 Å². The molecule has 0 saturated carbocycles. The monoisotopic (exact) mass is 446 g/mol. The van der Waals surface area contributed by atoms with Crippen molar-refractivity contribution in [3.63, 3.8) is 0 Å². The minimum atomic E-state index is 0.113. The Morgan fingerprint density at radius 1 is 0.906 bits per heavy atom. The van der Waals surface area contributed by atoms with Gasteiger partial charge in [-0.25, -0.2) is 4.98 Å². The van der Waals surface area contributed by atoms with E-state index in [-0.39, 0.29) is 5.56 Å². The summed E-state index contributed by atoms with van der Waals surface area (Å²) in [5, 5.41) is 2.91. The zero-order valence-electron chi connectivity index (χ0n) is 18.7. The molecule has 6 heteroatoms. The lowest BCUT2D eigenvalue weighted by atomic mass is 10.1. The Morgan fingerprint density at radius 2 is 1.62 bits per heavy atom. The molecule has 32 heavy (non-hydrogen) atoms. The molecule has 5 nitrogen and oxygen atoms in total. The number of aryl methyl sites for hydroxylation is 1. The van der Waals surface area contributed by atoms with Crippen molar-refractivity contribution in [3.8, 4) is 0 Å². The number of fused-ring (bicyclic) bond motifs is 3. The molecule has 1 saturated heterocycles. The zero-order valence-corrected chi connectivity index (χ0v) is 19.5. The summed E-state index contributed by atoms with van der Waals surface area (Å²) in [5.74, 6) is 0. The molecule has 4 aromatic rings. The Labute approximate surface area is 192 Å². The van der Waals surface area contributed by atoms with E-state index in [1.165, 1.54) is 5.69 Å². The van der Waals surface area contributed by atoms with Gasteiger partial charge >= 0.3 is 0 Å². The number of benzene rings is 2. The average molecular weight is 447 g/mol. The highest BCUT2D eigenvalue weighted by Crippen LogP contribution is 2.28. The summed E-state index contributed by atoms with van der Waals surface area (Å²) in [4.78, 5) is 24.3. The molecule has 2 aromatic carbocycles. The predicted molar refractivity (Wildman–Crippen MR) is 135 cm³/mol. The average Bonchev–Trinajstić information content (AvgIpc) is 3.28. The fraction of sp³-hybridized carbons (Fsp3) is 0.385. The molecule has 2 aromatic heterocycles. The van der Waals surface area contributed by atoms with Crippen molar-refractivity contribution in [1.29, 1.82) is 0 Å².